The first-order valence-electron chi connectivity index (χ1n) is 5.65. The molecule has 0 aliphatic heterocycles. The van der Waals surface area contributed by atoms with Crippen LogP contribution < -0.4 is 0 Å². The van der Waals surface area contributed by atoms with Crippen molar-refractivity contribution in [3.05, 3.63) is 63.9 Å². The Bertz CT molecular complexity index is 601. The van der Waals surface area contributed by atoms with Crippen LogP contribution in [0.5, 0.6) is 0 Å². The molecule has 0 atom stereocenters. The van der Waals surface area contributed by atoms with Crippen molar-refractivity contribution in [3.8, 4) is 0 Å². The molecule has 1 heterocycles. The number of carbonyl (C=O) groups excluding carboxylic acids is 2. The van der Waals surface area contributed by atoms with Crippen LogP contribution in [0.2, 0.25) is 10.2 Å². The molecule has 0 unspecified atom stereocenters. The minimum Gasteiger partial charge on any atom is -0.454 e. The highest BCUT2D eigenvalue weighted by Crippen LogP contribution is 2.16. The summed E-state index contributed by atoms with van der Waals surface area (Å²) in [5, 5.41) is 0.343. The molecule has 2 rings (SSSR count). The first-order valence-corrected chi connectivity index (χ1v) is 6.40. The van der Waals surface area contributed by atoms with Gasteiger partial charge >= 0.3 is 5.97 Å². The van der Waals surface area contributed by atoms with E-state index in [-0.39, 0.29) is 16.5 Å². The maximum atomic E-state index is 11.9. The number of aromatic nitrogens is 1. The number of Topliss-reactive ketones (excluding diaryl/α,β-unsaturated/α-hetero) is 1. The average molecular weight is 310 g/mol. The van der Waals surface area contributed by atoms with Crippen molar-refractivity contribution in [2.24, 2.45) is 0 Å². The standard InChI is InChI=1S/C14H9Cl2NO3/c15-11-6-2-1-4-9(11)12(18)8-20-14(19)10-5-3-7-17-13(10)16/h1-7H,8H2. The van der Waals surface area contributed by atoms with Gasteiger partial charge in [0.2, 0.25) is 5.78 Å². The van der Waals surface area contributed by atoms with Gasteiger partial charge in [0.1, 0.15) is 5.15 Å². The molecule has 0 radical (unpaired) electrons. The van der Waals surface area contributed by atoms with Crippen molar-refractivity contribution in [1.29, 1.82) is 0 Å². The summed E-state index contributed by atoms with van der Waals surface area (Å²) in [6, 6.07) is 9.57. The van der Waals surface area contributed by atoms with Crippen LogP contribution in [0.15, 0.2) is 42.6 Å². The van der Waals surface area contributed by atoms with Crippen LogP contribution in [-0.4, -0.2) is 23.3 Å². The number of pyridine rings is 1. The van der Waals surface area contributed by atoms with E-state index in [1.54, 1.807) is 30.3 Å². The Morgan fingerprint density at radius 1 is 1.05 bits per heavy atom. The van der Waals surface area contributed by atoms with Crippen LogP contribution in [0.3, 0.4) is 0 Å². The summed E-state index contributed by atoms with van der Waals surface area (Å²) in [5.74, 6) is -1.09. The molecule has 0 saturated carbocycles. The molecule has 2 aromatic rings. The van der Waals surface area contributed by atoms with Gasteiger partial charge in [0, 0.05) is 11.8 Å². The number of hydrogen-bond donors (Lipinski definition) is 0. The maximum Gasteiger partial charge on any atom is 0.341 e. The molecule has 0 aliphatic rings. The zero-order valence-electron chi connectivity index (χ0n) is 10.2. The second kappa shape index (κ2) is 6.50. The highest BCUT2D eigenvalue weighted by molar-refractivity contribution is 6.34. The number of ketones is 1. The lowest BCUT2D eigenvalue weighted by atomic mass is 10.1. The van der Waals surface area contributed by atoms with E-state index in [1.807, 2.05) is 0 Å². The highest BCUT2D eigenvalue weighted by Gasteiger charge is 2.16. The van der Waals surface area contributed by atoms with Crippen molar-refractivity contribution in [2.45, 2.75) is 0 Å². The van der Waals surface area contributed by atoms with E-state index in [0.29, 0.717) is 10.6 Å². The Labute approximate surface area is 125 Å². The molecular formula is C14H9Cl2NO3. The molecule has 102 valence electrons. The van der Waals surface area contributed by atoms with Crippen molar-refractivity contribution in [2.75, 3.05) is 6.61 Å². The first kappa shape index (κ1) is 14.5. The van der Waals surface area contributed by atoms with E-state index in [0.717, 1.165) is 0 Å². The predicted molar refractivity (Wildman–Crippen MR) is 75.3 cm³/mol. The Kier molecular flexibility index (Phi) is 4.71. The van der Waals surface area contributed by atoms with Crippen LogP contribution in [0.1, 0.15) is 20.7 Å². The molecule has 6 heteroatoms. The summed E-state index contributed by atoms with van der Waals surface area (Å²) < 4.78 is 4.91. The molecule has 0 N–H and O–H groups in total. The van der Waals surface area contributed by atoms with E-state index in [1.165, 1.54) is 12.3 Å². The van der Waals surface area contributed by atoms with Crippen LogP contribution in [0, 0.1) is 0 Å². The molecular weight excluding hydrogens is 301 g/mol. The topological polar surface area (TPSA) is 56.3 Å². The Hall–Kier alpha value is -1.91. The normalized spacial score (nSPS) is 10.1. The number of halogens is 2. The lowest BCUT2D eigenvalue weighted by molar-refractivity contribution is 0.0474. The average Bonchev–Trinajstić information content (AvgIpc) is 2.45. The zero-order chi connectivity index (χ0) is 14.5. The summed E-state index contributed by atoms with van der Waals surface area (Å²) in [7, 11) is 0. The monoisotopic (exact) mass is 309 g/mol. The molecule has 0 bridgehead atoms. The zero-order valence-corrected chi connectivity index (χ0v) is 11.7. The molecule has 0 saturated heterocycles. The summed E-state index contributed by atoms with van der Waals surface area (Å²) in [4.78, 5) is 27.4. The van der Waals surface area contributed by atoms with Gasteiger partial charge in [0.05, 0.1) is 10.6 Å². The van der Waals surface area contributed by atoms with Crippen LogP contribution in [-0.2, 0) is 4.74 Å². The fourth-order valence-corrected chi connectivity index (χ4v) is 1.95. The highest BCUT2D eigenvalue weighted by atomic mass is 35.5. The van der Waals surface area contributed by atoms with Gasteiger partial charge in [-0.15, -0.1) is 0 Å². The number of carbonyl (C=O) groups is 2. The second-order valence-electron chi connectivity index (χ2n) is 3.82. The van der Waals surface area contributed by atoms with Crippen molar-refractivity contribution in [1.82, 2.24) is 4.98 Å². The fourth-order valence-electron chi connectivity index (χ4n) is 1.51. The molecule has 20 heavy (non-hydrogen) atoms. The van der Waals surface area contributed by atoms with Gasteiger partial charge in [0.25, 0.3) is 0 Å². The lowest BCUT2D eigenvalue weighted by Gasteiger charge is -2.06. The Balaban J connectivity index is 2.03. The number of benzene rings is 1. The van der Waals surface area contributed by atoms with Crippen molar-refractivity contribution in [3.63, 3.8) is 0 Å². The molecule has 0 spiro atoms. The molecule has 4 nitrogen and oxygen atoms in total. The Morgan fingerprint density at radius 2 is 1.75 bits per heavy atom. The molecule has 1 aromatic heterocycles. The molecule has 1 aromatic carbocycles. The maximum absolute atomic E-state index is 11.9. The predicted octanol–water partition coefficient (Wildman–Crippen LogP) is 3.43. The number of ether oxygens (including phenoxy) is 1. The number of rotatable bonds is 4. The fraction of sp³-hybridized carbons (Fsp3) is 0.0714. The lowest BCUT2D eigenvalue weighted by Crippen LogP contribution is -2.15. The Morgan fingerprint density at radius 3 is 2.45 bits per heavy atom. The van der Waals surface area contributed by atoms with Crippen LogP contribution in [0.25, 0.3) is 0 Å². The van der Waals surface area contributed by atoms with Crippen LogP contribution >= 0.6 is 23.2 Å². The third-order valence-electron chi connectivity index (χ3n) is 2.49. The van der Waals surface area contributed by atoms with Gasteiger partial charge < -0.3 is 4.74 Å². The smallest absolute Gasteiger partial charge is 0.341 e. The third kappa shape index (κ3) is 3.35. The SMILES string of the molecule is O=C(COC(=O)c1cccnc1Cl)c1ccccc1Cl. The van der Waals surface area contributed by atoms with Crippen molar-refractivity contribution >= 4 is 35.0 Å². The minimum absolute atomic E-state index is 0.0303. The third-order valence-corrected chi connectivity index (χ3v) is 3.12. The largest absolute Gasteiger partial charge is 0.454 e. The number of nitrogens with zero attached hydrogens (tertiary/aromatic N) is 1. The van der Waals surface area contributed by atoms with E-state index in [2.05, 4.69) is 4.98 Å². The minimum atomic E-state index is -0.705. The summed E-state index contributed by atoms with van der Waals surface area (Å²) >= 11 is 11.6. The first-order chi connectivity index (χ1) is 9.59. The van der Waals surface area contributed by atoms with Crippen LogP contribution in [0.4, 0.5) is 0 Å². The molecule has 0 aliphatic carbocycles. The number of hydrogen-bond acceptors (Lipinski definition) is 4. The summed E-state index contributed by atoms with van der Waals surface area (Å²) in [6.45, 7) is -0.409. The van der Waals surface area contributed by atoms with E-state index < -0.39 is 12.6 Å². The van der Waals surface area contributed by atoms with Gasteiger partial charge in [-0.05, 0) is 24.3 Å². The van der Waals surface area contributed by atoms with Gasteiger partial charge in [-0.3, -0.25) is 4.79 Å². The summed E-state index contributed by atoms with van der Waals surface area (Å²) in [5.41, 5.74) is 0.417. The van der Waals surface area contributed by atoms with E-state index in [9.17, 15) is 9.59 Å². The van der Waals surface area contributed by atoms with Gasteiger partial charge in [-0.2, -0.15) is 0 Å². The van der Waals surface area contributed by atoms with Gasteiger partial charge in [-0.1, -0.05) is 35.3 Å². The molecule has 0 amide bonds. The van der Waals surface area contributed by atoms with Gasteiger partial charge in [-0.25, -0.2) is 9.78 Å². The molecule has 0 fully saturated rings. The number of esters is 1. The van der Waals surface area contributed by atoms with Crippen molar-refractivity contribution < 1.29 is 14.3 Å². The van der Waals surface area contributed by atoms with Gasteiger partial charge in [0.15, 0.2) is 6.61 Å². The van der Waals surface area contributed by atoms with E-state index in [4.69, 9.17) is 27.9 Å². The summed E-state index contributed by atoms with van der Waals surface area (Å²) in [6.07, 6.45) is 1.45. The van der Waals surface area contributed by atoms with E-state index >= 15 is 0 Å². The quantitative estimate of drug-likeness (QED) is 0.493. The second-order valence-corrected chi connectivity index (χ2v) is 4.59.